The summed E-state index contributed by atoms with van der Waals surface area (Å²) in [5, 5.41) is 11.2. The Morgan fingerprint density at radius 1 is 1.08 bits per heavy atom. The number of hydrogen-bond acceptors (Lipinski definition) is 4. The second kappa shape index (κ2) is 7.30. The third-order valence-electron chi connectivity index (χ3n) is 4.58. The lowest BCUT2D eigenvalue weighted by Crippen LogP contribution is -2.14. The Morgan fingerprint density at radius 2 is 1.65 bits per heavy atom. The lowest BCUT2D eigenvalue weighted by atomic mass is 9.82. The minimum absolute atomic E-state index is 0.0698. The number of ether oxygens (including phenoxy) is 1. The molecule has 0 bridgehead atoms. The van der Waals surface area contributed by atoms with Crippen molar-refractivity contribution in [3.05, 3.63) is 65.2 Å². The van der Waals surface area contributed by atoms with Crippen molar-refractivity contribution in [2.45, 2.75) is 32.6 Å². The standard InChI is InChI=1S/C21H21NO3S/c1-4-21(2,3)15-7-11-17(12-8-15)25-16-9-5-14(6-10-16)19-22-18(13-26-19)20(23)24/h5-13H,4H2,1-3H3,(H,23,24). The molecule has 1 heterocycles. The minimum Gasteiger partial charge on any atom is -0.476 e. The molecule has 2 aromatic carbocycles. The maximum Gasteiger partial charge on any atom is 0.355 e. The molecule has 0 unspecified atom stereocenters. The Balaban J connectivity index is 1.72. The highest BCUT2D eigenvalue weighted by Crippen LogP contribution is 2.31. The molecule has 0 spiro atoms. The Morgan fingerprint density at radius 3 is 2.15 bits per heavy atom. The molecule has 0 fully saturated rings. The molecule has 1 aromatic heterocycles. The molecular weight excluding hydrogens is 346 g/mol. The Hall–Kier alpha value is -2.66. The van der Waals surface area contributed by atoms with E-state index in [4.69, 9.17) is 9.84 Å². The molecule has 4 nitrogen and oxygen atoms in total. The van der Waals surface area contributed by atoms with Gasteiger partial charge in [-0.2, -0.15) is 0 Å². The molecule has 0 aliphatic heterocycles. The van der Waals surface area contributed by atoms with E-state index in [0.29, 0.717) is 5.01 Å². The summed E-state index contributed by atoms with van der Waals surface area (Å²) in [5.74, 6) is 0.504. The molecule has 134 valence electrons. The summed E-state index contributed by atoms with van der Waals surface area (Å²) in [4.78, 5) is 15.0. The van der Waals surface area contributed by atoms with Crippen LogP contribution >= 0.6 is 11.3 Å². The van der Waals surface area contributed by atoms with Gasteiger partial charge < -0.3 is 9.84 Å². The first-order valence-corrected chi connectivity index (χ1v) is 9.34. The van der Waals surface area contributed by atoms with E-state index in [0.717, 1.165) is 23.5 Å². The molecule has 0 aliphatic carbocycles. The van der Waals surface area contributed by atoms with Gasteiger partial charge in [0.1, 0.15) is 16.5 Å². The lowest BCUT2D eigenvalue weighted by Gasteiger charge is -2.23. The van der Waals surface area contributed by atoms with E-state index in [1.165, 1.54) is 16.9 Å². The fourth-order valence-corrected chi connectivity index (χ4v) is 3.28. The molecule has 0 amide bonds. The van der Waals surface area contributed by atoms with Crippen molar-refractivity contribution < 1.29 is 14.6 Å². The summed E-state index contributed by atoms with van der Waals surface area (Å²) in [7, 11) is 0. The van der Waals surface area contributed by atoms with Gasteiger partial charge in [0.25, 0.3) is 0 Å². The van der Waals surface area contributed by atoms with Crippen molar-refractivity contribution >= 4 is 17.3 Å². The van der Waals surface area contributed by atoms with Gasteiger partial charge in [-0.15, -0.1) is 11.3 Å². The quantitative estimate of drug-likeness (QED) is 0.581. The zero-order valence-corrected chi connectivity index (χ0v) is 15.8. The van der Waals surface area contributed by atoms with E-state index >= 15 is 0 Å². The molecule has 0 saturated heterocycles. The Labute approximate surface area is 157 Å². The largest absolute Gasteiger partial charge is 0.476 e. The van der Waals surface area contributed by atoms with Crippen LogP contribution in [0.3, 0.4) is 0 Å². The molecule has 3 aromatic rings. The van der Waals surface area contributed by atoms with E-state index in [2.05, 4.69) is 37.9 Å². The van der Waals surface area contributed by atoms with Crippen molar-refractivity contribution in [1.29, 1.82) is 0 Å². The number of thiazole rings is 1. The summed E-state index contributed by atoms with van der Waals surface area (Å²) in [5.41, 5.74) is 2.39. The van der Waals surface area contributed by atoms with Gasteiger partial charge in [-0.05, 0) is 53.8 Å². The van der Waals surface area contributed by atoms with E-state index in [9.17, 15) is 4.79 Å². The zero-order chi connectivity index (χ0) is 18.7. The van der Waals surface area contributed by atoms with Gasteiger partial charge in [-0.1, -0.05) is 32.9 Å². The van der Waals surface area contributed by atoms with Crippen LogP contribution < -0.4 is 4.74 Å². The van der Waals surface area contributed by atoms with E-state index in [-0.39, 0.29) is 11.1 Å². The van der Waals surface area contributed by atoms with Crippen LogP contribution in [-0.4, -0.2) is 16.1 Å². The minimum atomic E-state index is -1.01. The second-order valence-electron chi connectivity index (χ2n) is 6.73. The van der Waals surface area contributed by atoms with E-state index in [1.54, 1.807) is 5.38 Å². The van der Waals surface area contributed by atoms with Gasteiger partial charge in [-0.25, -0.2) is 9.78 Å². The maximum absolute atomic E-state index is 10.9. The summed E-state index contributed by atoms with van der Waals surface area (Å²) >= 11 is 1.31. The lowest BCUT2D eigenvalue weighted by molar-refractivity contribution is 0.0691. The summed E-state index contributed by atoms with van der Waals surface area (Å²) in [6, 6.07) is 15.7. The van der Waals surface area contributed by atoms with Crippen molar-refractivity contribution in [3.63, 3.8) is 0 Å². The molecule has 5 heteroatoms. The van der Waals surface area contributed by atoms with Crippen molar-refractivity contribution in [3.8, 4) is 22.1 Å². The van der Waals surface area contributed by atoms with Crippen LogP contribution in [0.1, 0.15) is 43.2 Å². The van der Waals surface area contributed by atoms with Gasteiger partial charge >= 0.3 is 5.97 Å². The van der Waals surface area contributed by atoms with Gasteiger partial charge in [-0.3, -0.25) is 0 Å². The number of carbonyl (C=O) groups is 1. The first-order valence-electron chi connectivity index (χ1n) is 8.47. The van der Waals surface area contributed by atoms with Crippen LogP contribution in [0.2, 0.25) is 0 Å². The SMILES string of the molecule is CCC(C)(C)c1ccc(Oc2ccc(-c3nc(C(=O)O)cs3)cc2)cc1. The molecule has 1 N–H and O–H groups in total. The van der Waals surface area contributed by atoms with Gasteiger partial charge in [0.2, 0.25) is 0 Å². The highest BCUT2D eigenvalue weighted by Gasteiger charge is 2.17. The fraction of sp³-hybridized carbons (Fsp3) is 0.238. The maximum atomic E-state index is 10.9. The predicted molar refractivity (Wildman–Crippen MR) is 104 cm³/mol. The fourth-order valence-electron chi connectivity index (χ4n) is 2.48. The van der Waals surface area contributed by atoms with Crippen LogP contribution in [0.4, 0.5) is 0 Å². The Kier molecular flexibility index (Phi) is 5.09. The van der Waals surface area contributed by atoms with E-state index in [1.807, 2.05) is 36.4 Å². The molecular formula is C21H21NO3S. The molecule has 0 aliphatic rings. The first-order chi connectivity index (χ1) is 12.4. The molecule has 0 radical (unpaired) electrons. The normalized spacial score (nSPS) is 11.3. The highest BCUT2D eigenvalue weighted by molar-refractivity contribution is 7.13. The monoisotopic (exact) mass is 367 g/mol. The first kappa shape index (κ1) is 18.1. The number of carboxylic acid groups (broad SMARTS) is 1. The van der Waals surface area contributed by atoms with E-state index < -0.39 is 5.97 Å². The van der Waals surface area contributed by atoms with Gasteiger partial charge in [0.15, 0.2) is 5.69 Å². The Bertz CT molecular complexity index is 896. The molecule has 0 saturated carbocycles. The number of benzene rings is 2. The van der Waals surface area contributed by atoms with Gasteiger partial charge in [0.05, 0.1) is 0 Å². The van der Waals surface area contributed by atoms with Gasteiger partial charge in [0, 0.05) is 10.9 Å². The van der Waals surface area contributed by atoms with Crippen LogP contribution in [0.5, 0.6) is 11.5 Å². The van der Waals surface area contributed by atoms with Crippen LogP contribution in [0, 0.1) is 0 Å². The topological polar surface area (TPSA) is 59.4 Å². The zero-order valence-electron chi connectivity index (χ0n) is 15.0. The number of nitrogens with zero attached hydrogens (tertiary/aromatic N) is 1. The van der Waals surface area contributed by atoms with Crippen molar-refractivity contribution in [2.75, 3.05) is 0 Å². The number of carboxylic acids is 1. The van der Waals surface area contributed by atoms with Crippen LogP contribution in [0.25, 0.3) is 10.6 Å². The third kappa shape index (κ3) is 3.94. The van der Waals surface area contributed by atoms with Crippen LogP contribution in [0.15, 0.2) is 53.9 Å². The predicted octanol–water partition coefficient (Wildman–Crippen LogP) is 5.99. The number of rotatable bonds is 6. The summed E-state index contributed by atoms with van der Waals surface area (Å²) < 4.78 is 5.90. The third-order valence-corrected chi connectivity index (χ3v) is 5.47. The smallest absolute Gasteiger partial charge is 0.355 e. The summed E-state index contributed by atoms with van der Waals surface area (Å²) in [6.07, 6.45) is 1.08. The van der Waals surface area contributed by atoms with Crippen molar-refractivity contribution in [2.24, 2.45) is 0 Å². The average Bonchev–Trinajstić information content (AvgIpc) is 3.13. The average molecular weight is 367 g/mol. The molecule has 3 rings (SSSR count). The number of aromatic nitrogens is 1. The highest BCUT2D eigenvalue weighted by atomic mass is 32.1. The van der Waals surface area contributed by atoms with Crippen LogP contribution in [-0.2, 0) is 5.41 Å². The summed E-state index contributed by atoms with van der Waals surface area (Å²) in [6.45, 7) is 6.65. The second-order valence-corrected chi connectivity index (χ2v) is 7.59. The number of aromatic carboxylic acids is 1. The molecule has 26 heavy (non-hydrogen) atoms. The van der Waals surface area contributed by atoms with Crippen molar-refractivity contribution in [1.82, 2.24) is 4.98 Å². The molecule has 0 atom stereocenters. The number of hydrogen-bond donors (Lipinski definition) is 1.